The molecule has 0 aliphatic rings. The van der Waals surface area contributed by atoms with Crippen LogP contribution in [0.3, 0.4) is 0 Å². The molecule has 3 heteroatoms. The molecule has 114 valence electrons. The lowest BCUT2D eigenvalue weighted by molar-refractivity contribution is 0.601. The summed E-state index contributed by atoms with van der Waals surface area (Å²) in [5.41, 5.74) is 5.07. The number of aromatic nitrogens is 2. The normalized spacial score (nSPS) is 12.9. The van der Waals surface area contributed by atoms with Crippen LogP contribution in [0.2, 0.25) is 0 Å². The Morgan fingerprint density at radius 1 is 1.24 bits per heavy atom. The number of aryl methyl sites for hydroxylation is 2. The third-order valence-electron chi connectivity index (χ3n) is 3.84. The van der Waals surface area contributed by atoms with E-state index in [1.807, 2.05) is 18.8 Å². The Morgan fingerprint density at radius 2 is 2.00 bits per heavy atom. The highest BCUT2D eigenvalue weighted by Gasteiger charge is 2.17. The Hall–Kier alpha value is -1.61. The van der Waals surface area contributed by atoms with Crippen molar-refractivity contribution in [2.75, 3.05) is 7.05 Å². The molecule has 0 spiro atoms. The first kappa shape index (κ1) is 15.8. The summed E-state index contributed by atoms with van der Waals surface area (Å²) in [6.45, 7) is 6.66. The van der Waals surface area contributed by atoms with Gasteiger partial charge in [-0.05, 0) is 43.0 Å². The molecule has 0 radical (unpaired) electrons. The Labute approximate surface area is 128 Å². The smallest absolute Gasteiger partial charge is 0.0745 e. The fourth-order valence-electron chi connectivity index (χ4n) is 2.84. The first-order valence-corrected chi connectivity index (χ1v) is 7.84. The maximum atomic E-state index is 4.57. The van der Waals surface area contributed by atoms with Crippen molar-refractivity contribution < 1.29 is 0 Å². The van der Waals surface area contributed by atoms with Crippen molar-refractivity contribution in [3.05, 3.63) is 52.8 Å². The topological polar surface area (TPSA) is 29.9 Å². The summed E-state index contributed by atoms with van der Waals surface area (Å²) in [4.78, 5) is 0. The monoisotopic (exact) mass is 285 g/mol. The van der Waals surface area contributed by atoms with E-state index in [0.717, 1.165) is 18.5 Å². The molecule has 0 saturated heterocycles. The predicted octanol–water partition coefficient (Wildman–Crippen LogP) is 3.49. The number of nitrogens with one attached hydrogen (secondary N) is 1. The van der Waals surface area contributed by atoms with E-state index >= 15 is 0 Å². The van der Waals surface area contributed by atoms with Gasteiger partial charge in [0.1, 0.15) is 0 Å². The van der Waals surface area contributed by atoms with Crippen molar-refractivity contribution in [2.24, 2.45) is 13.0 Å². The number of hydrogen-bond acceptors (Lipinski definition) is 2. The maximum Gasteiger partial charge on any atom is 0.0745 e. The molecule has 2 rings (SSSR count). The Bertz CT molecular complexity index is 584. The van der Waals surface area contributed by atoms with Gasteiger partial charge in [0, 0.05) is 7.05 Å². The van der Waals surface area contributed by atoms with Crippen molar-refractivity contribution in [3.63, 3.8) is 0 Å². The minimum absolute atomic E-state index is 0.190. The molecule has 3 nitrogen and oxygen atoms in total. The predicted molar refractivity (Wildman–Crippen MR) is 88.5 cm³/mol. The van der Waals surface area contributed by atoms with Crippen LogP contribution in [0, 0.1) is 5.92 Å². The molecular formula is C18H27N3. The average Bonchev–Trinajstić information content (AvgIpc) is 2.81. The van der Waals surface area contributed by atoms with Gasteiger partial charge in [-0.3, -0.25) is 4.68 Å². The van der Waals surface area contributed by atoms with Crippen LogP contribution in [0.1, 0.15) is 49.3 Å². The molecule has 2 aromatic rings. The highest BCUT2D eigenvalue weighted by Crippen LogP contribution is 2.24. The number of rotatable bonds is 6. The molecule has 0 saturated carbocycles. The van der Waals surface area contributed by atoms with Crippen molar-refractivity contribution in [3.8, 4) is 0 Å². The van der Waals surface area contributed by atoms with Crippen molar-refractivity contribution >= 4 is 0 Å². The van der Waals surface area contributed by atoms with Gasteiger partial charge >= 0.3 is 0 Å². The summed E-state index contributed by atoms with van der Waals surface area (Å²) < 4.78 is 2.00. The van der Waals surface area contributed by atoms with E-state index in [1.54, 1.807) is 0 Å². The van der Waals surface area contributed by atoms with Gasteiger partial charge in [0.05, 0.1) is 17.4 Å². The zero-order valence-electron chi connectivity index (χ0n) is 13.9. The molecule has 0 aliphatic heterocycles. The van der Waals surface area contributed by atoms with Gasteiger partial charge in [-0.2, -0.15) is 5.10 Å². The van der Waals surface area contributed by atoms with Gasteiger partial charge in [-0.15, -0.1) is 0 Å². The Morgan fingerprint density at radius 3 is 2.57 bits per heavy atom. The molecule has 1 heterocycles. The van der Waals surface area contributed by atoms with E-state index in [1.165, 1.54) is 16.8 Å². The Balaban J connectivity index is 2.34. The van der Waals surface area contributed by atoms with Crippen molar-refractivity contribution in [1.29, 1.82) is 0 Å². The van der Waals surface area contributed by atoms with Crippen LogP contribution in [0.15, 0.2) is 30.3 Å². The second kappa shape index (κ2) is 6.90. The van der Waals surface area contributed by atoms with Crippen LogP contribution in [-0.2, 0) is 19.9 Å². The lowest BCUT2D eigenvalue weighted by Gasteiger charge is -2.18. The van der Waals surface area contributed by atoms with Gasteiger partial charge in [0.2, 0.25) is 0 Å². The molecular weight excluding hydrogens is 258 g/mol. The highest BCUT2D eigenvalue weighted by molar-refractivity contribution is 5.32. The van der Waals surface area contributed by atoms with E-state index < -0.39 is 0 Å². The largest absolute Gasteiger partial charge is 0.308 e. The third kappa shape index (κ3) is 3.73. The number of nitrogens with zero attached hydrogens (tertiary/aromatic N) is 2. The molecule has 1 aromatic carbocycles. The van der Waals surface area contributed by atoms with Crippen LogP contribution in [0.5, 0.6) is 0 Å². The Kier molecular flexibility index (Phi) is 5.18. The minimum atomic E-state index is 0.190. The molecule has 21 heavy (non-hydrogen) atoms. The van der Waals surface area contributed by atoms with Crippen LogP contribution >= 0.6 is 0 Å². The molecule has 0 aliphatic carbocycles. The van der Waals surface area contributed by atoms with Gasteiger partial charge < -0.3 is 5.32 Å². The molecule has 1 N–H and O–H groups in total. The first-order chi connectivity index (χ1) is 10.0. The maximum absolute atomic E-state index is 4.57. The standard InChI is InChI=1S/C18H27N3/c1-6-16-12-17(21(5)20-16)18(19-4)15-9-7-8-14(11-15)10-13(2)3/h7-9,11-13,18-19H,6,10H2,1-5H3. The summed E-state index contributed by atoms with van der Waals surface area (Å²) in [5, 5.41) is 8.00. The van der Waals surface area contributed by atoms with E-state index in [2.05, 4.69) is 61.5 Å². The summed E-state index contributed by atoms with van der Waals surface area (Å²) >= 11 is 0. The minimum Gasteiger partial charge on any atom is -0.308 e. The zero-order chi connectivity index (χ0) is 15.4. The lowest BCUT2D eigenvalue weighted by atomic mass is 9.97. The fourth-order valence-corrected chi connectivity index (χ4v) is 2.84. The van der Waals surface area contributed by atoms with Gasteiger partial charge in [-0.25, -0.2) is 0 Å². The van der Waals surface area contributed by atoms with E-state index in [0.29, 0.717) is 5.92 Å². The zero-order valence-corrected chi connectivity index (χ0v) is 13.9. The molecule has 0 bridgehead atoms. The molecule has 1 aromatic heterocycles. The molecule has 0 amide bonds. The third-order valence-corrected chi connectivity index (χ3v) is 3.84. The molecule has 0 fully saturated rings. The van der Waals surface area contributed by atoms with Gasteiger partial charge in [0.15, 0.2) is 0 Å². The van der Waals surface area contributed by atoms with E-state index in [4.69, 9.17) is 0 Å². The van der Waals surface area contributed by atoms with Crippen molar-refractivity contribution in [2.45, 2.75) is 39.7 Å². The van der Waals surface area contributed by atoms with Crippen LogP contribution in [-0.4, -0.2) is 16.8 Å². The van der Waals surface area contributed by atoms with Crippen LogP contribution in [0.25, 0.3) is 0 Å². The van der Waals surface area contributed by atoms with Crippen LogP contribution in [0.4, 0.5) is 0 Å². The summed E-state index contributed by atoms with van der Waals surface area (Å²) in [5.74, 6) is 0.677. The van der Waals surface area contributed by atoms with E-state index in [-0.39, 0.29) is 6.04 Å². The van der Waals surface area contributed by atoms with Crippen LogP contribution < -0.4 is 5.32 Å². The summed E-state index contributed by atoms with van der Waals surface area (Å²) in [6, 6.07) is 11.3. The van der Waals surface area contributed by atoms with Crippen molar-refractivity contribution in [1.82, 2.24) is 15.1 Å². The summed E-state index contributed by atoms with van der Waals surface area (Å²) in [6.07, 6.45) is 2.09. The quantitative estimate of drug-likeness (QED) is 0.880. The SMILES string of the molecule is CCc1cc(C(NC)c2cccc(CC(C)C)c2)n(C)n1. The number of benzene rings is 1. The second-order valence-corrected chi connectivity index (χ2v) is 6.10. The number of hydrogen-bond donors (Lipinski definition) is 1. The second-order valence-electron chi connectivity index (χ2n) is 6.10. The molecule has 1 atom stereocenters. The lowest BCUT2D eigenvalue weighted by Crippen LogP contribution is -2.20. The molecule has 1 unspecified atom stereocenters. The fraction of sp³-hybridized carbons (Fsp3) is 0.500. The highest BCUT2D eigenvalue weighted by atomic mass is 15.3. The van der Waals surface area contributed by atoms with Gasteiger partial charge in [0.25, 0.3) is 0 Å². The average molecular weight is 285 g/mol. The summed E-state index contributed by atoms with van der Waals surface area (Å²) in [7, 11) is 4.04. The van der Waals surface area contributed by atoms with Gasteiger partial charge in [-0.1, -0.05) is 45.0 Å². The first-order valence-electron chi connectivity index (χ1n) is 7.84. The van der Waals surface area contributed by atoms with E-state index in [9.17, 15) is 0 Å².